The molecular weight excluding hydrogens is 198 g/mol. The Morgan fingerprint density at radius 3 is 2.73 bits per heavy atom. The smallest absolute Gasteiger partial charge is 0.265 e. The van der Waals surface area contributed by atoms with Crippen molar-refractivity contribution in [3.8, 4) is 0 Å². The normalized spacial score (nSPS) is 28.3. The minimum absolute atomic E-state index is 0.0214. The van der Waals surface area contributed by atoms with Gasteiger partial charge in [0, 0.05) is 11.3 Å². The van der Waals surface area contributed by atoms with E-state index in [1.807, 2.05) is 0 Å². The number of rotatable bonds is 2. The van der Waals surface area contributed by atoms with Crippen LogP contribution in [0.25, 0.3) is 0 Å². The first-order valence-electron chi connectivity index (χ1n) is 4.31. The van der Waals surface area contributed by atoms with Crippen molar-refractivity contribution in [3.63, 3.8) is 0 Å². The second kappa shape index (κ2) is 3.23. The first-order valence-corrected chi connectivity index (χ1v) is 4.31. The number of nitro groups is 1. The number of hydrogen-bond donors (Lipinski definition) is 0. The summed E-state index contributed by atoms with van der Waals surface area (Å²) in [5.74, 6) is -0.633. The highest BCUT2D eigenvalue weighted by Crippen LogP contribution is 2.32. The number of carbonyl (C=O) groups excluding carboxylic acids is 1. The molecule has 0 fully saturated rings. The average Bonchev–Trinajstić information content (AvgIpc) is 2.66. The van der Waals surface area contributed by atoms with Crippen LogP contribution in [0, 0.1) is 10.1 Å². The van der Waals surface area contributed by atoms with Gasteiger partial charge >= 0.3 is 5.91 Å². The number of nitrogens with zero attached hydrogens (tertiary/aromatic N) is 3. The van der Waals surface area contributed by atoms with E-state index in [1.54, 1.807) is 18.2 Å². The van der Waals surface area contributed by atoms with Gasteiger partial charge in [0.2, 0.25) is 0 Å². The zero-order chi connectivity index (χ0) is 10.9. The van der Waals surface area contributed by atoms with Crippen molar-refractivity contribution < 1.29 is 9.72 Å². The Kier molecular flexibility index (Phi) is 2.03. The molecule has 15 heavy (non-hydrogen) atoms. The third-order valence-corrected chi connectivity index (χ3v) is 2.41. The van der Waals surface area contributed by atoms with Gasteiger partial charge in [0.05, 0.1) is 6.20 Å². The topological polar surface area (TPSA) is 84.9 Å². The van der Waals surface area contributed by atoms with E-state index in [9.17, 15) is 14.9 Å². The van der Waals surface area contributed by atoms with Crippen LogP contribution in [0.15, 0.2) is 46.3 Å². The van der Waals surface area contributed by atoms with Crippen LogP contribution in [-0.2, 0) is 4.79 Å². The Balaban J connectivity index is 2.45. The summed E-state index contributed by atoms with van der Waals surface area (Å²) in [5.41, 5.74) is -1.47. The Labute approximate surface area is 84.8 Å². The highest BCUT2D eigenvalue weighted by atomic mass is 16.6. The Morgan fingerprint density at radius 2 is 2.27 bits per heavy atom. The molecular formula is C9H7N3O3. The van der Waals surface area contributed by atoms with Crippen LogP contribution in [0.3, 0.4) is 0 Å². The molecule has 0 aromatic carbocycles. The van der Waals surface area contributed by atoms with Gasteiger partial charge in [-0.25, -0.2) is 0 Å². The van der Waals surface area contributed by atoms with Gasteiger partial charge < -0.3 is 0 Å². The molecule has 1 aliphatic heterocycles. The third-order valence-electron chi connectivity index (χ3n) is 2.41. The van der Waals surface area contributed by atoms with Crippen molar-refractivity contribution in [3.05, 3.63) is 46.2 Å². The maximum Gasteiger partial charge on any atom is 0.300 e. The predicted octanol–water partition coefficient (Wildman–Crippen LogP) is 1.39. The molecule has 0 N–H and O–H groups in total. The van der Waals surface area contributed by atoms with E-state index in [0.29, 0.717) is 0 Å². The van der Waals surface area contributed by atoms with Gasteiger partial charge in [-0.2, -0.15) is 5.11 Å². The summed E-state index contributed by atoms with van der Waals surface area (Å²) in [4.78, 5) is 21.9. The monoisotopic (exact) mass is 205 g/mol. The Hall–Kier alpha value is -2.11. The quantitative estimate of drug-likeness (QED) is 0.504. The van der Waals surface area contributed by atoms with Crippen molar-refractivity contribution in [2.45, 2.75) is 12.0 Å². The number of azo groups is 1. The molecule has 1 atom stereocenters. The van der Waals surface area contributed by atoms with E-state index in [4.69, 9.17) is 0 Å². The average molecular weight is 205 g/mol. The molecule has 0 aromatic rings. The van der Waals surface area contributed by atoms with E-state index in [0.717, 1.165) is 6.20 Å². The fourth-order valence-corrected chi connectivity index (χ4v) is 1.59. The fraction of sp³-hybridized carbons (Fsp3) is 0.222. The van der Waals surface area contributed by atoms with Crippen LogP contribution in [0.5, 0.6) is 0 Å². The largest absolute Gasteiger partial charge is 0.300 e. The summed E-state index contributed by atoms with van der Waals surface area (Å²) in [6.45, 7) is 0. The molecule has 0 radical (unpaired) electrons. The molecule has 2 aliphatic rings. The van der Waals surface area contributed by atoms with Crippen LogP contribution in [0.2, 0.25) is 0 Å². The zero-order valence-electron chi connectivity index (χ0n) is 7.66. The van der Waals surface area contributed by atoms with Gasteiger partial charge in [0.25, 0.3) is 5.54 Å². The highest BCUT2D eigenvalue weighted by molar-refractivity contribution is 5.97. The Bertz CT molecular complexity index is 448. The van der Waals surface area contributed by atoms with Crippen molar-refractivity contribution in [1.82, 2.24) is 0 Å². The maximum atomic E-state index is 11.3. The molecule has 1 heterocycles. The van der Waals surface area contributed by atoms with E-state index < -0.39 is 16.4 Å². The first kappa shape index (κ1) is 9.45. The van der Waals surface area contributed by atoms with Crippen LogP contribution in [-0.4, -0.2) is 16.4 Å². The van der Waals surface area contributed by atoms with Crippen molar-refractivity contribution in [1.29, 1.82) is 0 Å². The Morgan fingerprint density at radius 1 is 1.47 bits per heavy atom. The minimum Gasteiger partial charge on any atom is -0.265 e. The molecule has 1 aliphatic carbocycles. The second-order valence-corrected chi connectivity index (χ2v) is 3.24. The molecule has 2 rings (SSSR count). The molecule has 1 amide bonds. The number of hydrogen-bond acceptors (Lipinski definition) is 4. The molecule has 0 aromatic heterocycles. The van der Waals surface area contributed by atoms with E-state index in [-0.39, 0.29) is 12.0 Å². The molecule has 0 spiro atoms. The van der Waals surface area contributed by atoms with Gasteiger partial charge in [0.1, 0.15) is 5.57 Å². The fourth-order valence-electron chi connectivity index (χ4n) is 1.59. The van der Waals surface area contributed by atoms with E-state index in [2.05, 4.69) is 10.2 Å². The summed E-state index contributed by atoms with van der Waals surface area (Å²) < 4.78 is 0. The number of carbonyl (C=O) groups is 1. The van der Waals surface area contributed by atoms with Gasteiger partial charge in [-0.05, 0) is 6.08 Å². The molecule has 1 unspecified atom stereocenters. The van der Waals surface area contributed by atoms with Crippen LogP contribution < -0.4 is 0 Å². The van der Waals surface area contributed by atoms with E-state index in [1.165, 1.54) is 6.08 Å². The summed E-state index contributed by atoms with van der Waals surface area (Å²) in [5, 5.41) is 17.7. The van der Waals surface area contributed by atoms with Crippen molar-refractivity contribution >= 4 is 5.91 Å². The zero-order valence-corrected chi connectivity index (χ0v) is 7.66. The molecule has 0 saturated heterocycles. The molecule has 76 valence electrons. The molecule has 0 saturated carbocycles. The van der Waals surface area contributed by atoms with Crippen molar-refractivity contribution in [2.24, 2.45) is 10.2 Å². The van der Waals surface area contributed by atoms with Crippen molar-refractivity contribution in [2.75, 3.05) is 0 Å². The van der Waals surface area contributed by atoms with Gasteiger partial charge in [0.15, 0.2) is 0 Å². The van der Waals surface area contributed by atoms with Gasteiger partial charge in [-0.3, -0.25) is 14.9 Å². The number of allylic oxidation sites excluding steroid dienone is 2. The lowest BCUT2D eigenvalue weighted by molar-refractivity contribution is -0.541. The third kappa shape index (κ3) is 1.30. The summed E-state index contributed by atoms with van der Waals surface area (Å²) in [6.07, 6.45) is 7.62. The summed E-state index contributed by atoms with van der Waals surface area (Å²) in [7, 11) is 0. The van der Waals surface area contributed by atoms with Gasteiger partial charge in [-0.1, -0.05) is 18.2 Å². The summed E-state index contributed by atoms with van der Waals surface area (Å²) >= 11 is 0. The van der Waals surface area contributed by atoms with Gasteiger partial charge in [-0.15, -0.1) is 5.11 Å². The molecule has 6 heteroatoms. The SMILES string of the molecule is O=C1N=NC=C1C1([N+](=O)[O-])C=CC=CC1. The van der Waals surface area contributed by atoms with Crippen LogP contribution >= 0.6 is 0 Å². The molecule has 0 bridgehead atoms. The van der Waals surface area contributed by atoms with E-state index >= 15 is 0 Å². The lowest BCUT2D eigenvalue weighted by Crippen LogP contribution is -2.40. The first-order chi connectivity index (χ1) is 7.17. The predicted molar refractivity (Wildman–Crippen MR) is 50.6 cm³/mol. The molecule has 6 nitrogen and oxygen atoms in total. The van der Waals surface area contributed by atoms with Crippen LogP contribution in [0.4, 0.5) is 0 Å². The standard InChI is InChI=1S/C9H7N3O3/c13-8-7(6-10-11-8)9(12(14)15)4-2-1-3-5-9/h1-4,6H,5H2. The number of amides is 1. The lowest BCUT2D eigenvalue weighted by Gasteiger charge is -2.21. The lowest BCUT2D eigenvalue weighted by atomic mass is 9.84. The maximum absolute atomic E-state index is 11.3. The second-order valence-electron chi connectivity index (χ2n) is 3.24. The van der Waals surface area contributed by atoms with Crippen LogP contribution in [0.1, 0.15) is 6.42 Å². The highest BCUT2D eigenvalue weighted by Gasteiger charge is 2.48. The minimum atomic E-state index is -1.49. The summed E-state index contributed by atoms with van der Waals surface area (Å²) in [6, 6.07) is 0.